The van der Waals surface area contributed by atoms with Crippen LogP contribution < -0.4 is 4.74 Å². The summed E-state index contributed by atoms with van der Waals surface area (Å²) >= 11 is 4.93. The van der Waals surface area contributed by atoms with Gasteiger partial charge in [0.25, 0.3) is 0 Å². The summed E-state index contributed by atoms with van der Waals surface area (Å²) in [6, 6.07) is 10.4. The van der Waals surface area contributed by atoms with Crippen molar-refractivity contribution in [2.24, 2.45) is 0 Å². The van der Waals surface area contributed by atoms with Crippen molar-refractivity contribution in [2.45, 2.75) is 0 Å². The van der Waals surface area contributed by atoms with Crippen LogP contribution >= 0.6 is 39.5 Å². The number of ether oxygens (including phenoxy) is 1. The Balaban J connectivity index is 0.000000292. The second kappa shape index (κ2) is 9.19. The molecule has 0 bridgehead atoms. The number of rotatable bonds is 1. The number of hydrogen-bond donors (Lipinski definition) is 0. The van der Waals surface area contributed by atoms with Gasteiger partial charge in [0, 0.05) is 6.07 Å². The van der Waals surface area contributed by atoms with Crippen molar-refractivity contribution in [1.82, 2.24) is 0 Å². The van der Waals surface area contributed by atoms with Gasteiger partial charge < -0.3 is 4.74 Å². The van der Waals surface area contributed by atoms with Gasteiger partial charge in [0.1, 0.15) is 5.75 Å². The first-order valence-corrected chi connectivity index (χ1v) is 21.1. The Morgan fingerprint density at radius 2 is 2.09 bits per heavy atom. The topological polar surface area (TPSA) is 9.23 Å². The van der Waals surface area contributed by atoms with Crippen molar-refractivity contribution >= 4 is 39.5 Å². The van der Waals surface area contributed by atoms with Crippen molar-refractivity contribution in [3.63, 3.8) is 0 Å². The molecular formula is C7H7I2OZn. The second-order valence-electron chi connectivity index (χ2n) is 1.53. The number of halogens is 2. The molecule has 11 heavy (non-hydrogen) atoms. The van der Waals surface area contributed by atoms with Gasteiger partial charge in [-0.05, 0) is 6.07 Å². The first-order chi connectivity index (χ1) is 5.35. The summed E-state index contributed by atoms with van der Waals surface area (Å²) in [7, 11) is 1.70. The van der Waals surface area contributed by atoms with Crippen LogP contribution in [0.4, 0.5) is 0 Å². The molecule has 0 aromatic heterocycles. The normalized spacial score (nSPS) is 7.18. The minimum atomic E-state index is 0.0650. The van der Waals surface area contributed by atoms with Crippen LogP contribution in [0.3, 0.4) is 0 Å². The molecule has 0 saturated carbocycles. The average molecular weight is 426 g/mol. The van der Waals surface area contributed by atoms with Gasteiger partial charge in [-0.15, -0.1) is 0 Å². The number of benzene rings is 1. The third-order valence-electron chi connectivity index (χ3n) is 0.900. The van der Waals surface area contributed by atoms with Crippen LogP contribution in [-0.4, -0.2) is 7.11 Å². The molecule has 0 fully saturated rings. The molecular weight excluding hydrogens is 419 g/mol. The first-order valence-electron chi connectivity index (χ1n) is 2.97. The molecule has 1 aromatic carbocycles. The zero-order valence-electron chi connectivity index (χ0n) is 6.18. The van der Waals surface area contributed by atoms with E-state index in [2.05, 4.69) is 45.6 Å². The van der Waals surface area contributed by atoms with Crippen molar-refractivity contribution < 1.29 is 14.8 Å². The molecule has 0 N–H and O–H groups in total. The number of para-hydroxylation sites is 1. The SMILES string of the molecule is COc1[c]cccc1.[I][Zn][I]. The van der Waals surface area contributed by atoms with Gasteiger partial charge in [-0.3, -0.25) is 0 Å². The molecule has 4 heteroatoms. The standard InChI is InChI=1S/C7H7O.2HI.Zn/c1-8-7-5-3-2-4-6-7;;;/h2-5H,1H3;2*1H;/q;;;+2/p-2. The van der Waals surface area contributed by atoms with Crippen molar-refractivity contribution in [2.75, 3.05) is 7.11 Å². The summed E-state index contributed by atoms with van der Waals surface area (Å²) in [4.78, 5) is 0. The molecule has 57 valence electrons. The molecule has 1 radical (unpaired) electrons. The average Bonchev–Trinajstić information content (AvgIpc) is 2.08. The van der Waals surface area contributed by atoms with Gasteiger partial charge in [0.05, 0.1) is 7.11 Å². The summed E-state index contributed by atoms with van der Waals surface area (Å²) in [5.41, 5.74) is 0. The van der Waals surface area contributed by atoms with E-state index >= 15 is 0 Å². The van der Waals surface area contributed by atoms with E-state index in [9.17, 15) is 0 Å². The molecule has 0 amide bonds. The minimum absolute atomic E-state index is 0.0650. The van der Waals surface area contributed by atoms with Crippen molar-refractivity contribution in [1.29, 1.82) is 0 Å². The summed E-state index contributed by atoms with van der Waals surface area (Å²) < 4.78 is 4.86. The van der Waals surface area contributed by atoms with Gasteiger partial charge in [0.15, 0.2) is 0 Å². The number of methoxy groups -OCH3 is 1. The van der Waals surface area contributed by atoms with Crippen LogP contribution in [0.25, 0.3) is 0 Å². The molecule has 0 atom stereocenters. The van der Waals surface area contributed by atoms with E-state index in [-0.39, 0.29) is 10.1 Å². The van der Waals surface area contributed by atoms with Gasteiger partial charge in [-0.2, -0.15) is 0 Å². The Labute approximate surface area is 96.2 Å². The van der Waals surface area contributed by atoms with E-state index in [1.807, 2.05) is 24.3 Å². The zero-order chi connectivity index (χ0) is 8.53. The van der Waals surface area contributed by atoms with E-state index in [0.29, 0.717) is 0 Å². The molecule has 0 aliphatic carbocycles. The van der Waals surface area contributed by atoms with E-state index in [1.165, 1.54) is 0 Å². The van der Waals surface area contributed by atoms with Crippen LogP contribution in [0.5, 0.6) is 5.75 Å². The zero-order valence-corrected chi connectivity index (χ0v) is 13.5. The molecule has 0 unspecified atom stereocenters. The van der Waals surface area contributed by atoms with Gasteiger partial charge in [-0.25, -0.2) is 0 Å². The second-order valence-corrected chi connectivity index (χ2v) is 25.1. The molecule has 0 aliphatic rings. The Kier molecular flexibility index (Phi) is 10.1. The fourth-order valence-electron chi connectivity index (χ4n) is 0.504. The fraction of sp³-hybridized carbons (Fsp3) is 0.143. The molecule has 0 heterocycles. The molecule has 1 rings (SSSR count). The van der Waals surface area contributed by atoms with E-state index < -0.39 is 0 Å². The third-order valence-corrected chi connectivity index (χ3v) is 0.900. The molecule has 0 aliphatic heterocycles. The van der Waals surface area contributed by atoms with Crippen molar-refractivity contribution in [3.05, 3.63) is 30.3 Å². The van der Waals surface area contributed by atoms with Gasteiger partial charge in [-0.1, -0.05) is 18.2 Å². The predicted octanol–water partition coefficient (Wildman–Crippen LogP) is 3.26. The van der Waals surface area contributed by atoms with Gasteiger partial charge >= 0.3 is 49.6 Å². The molecule has 0 saturated heterocycles. The molecule has 1 nitrogen and oxygen atoms in total. The maximum absolute atomic E-state index is 4.86. The quantitative estimate of drug-likeness (QED) is 0.495. The Morgan fingerprint density at radius 3 is 2.36 bits per heavy atom. The van der Waals surface area contributed by atoms with E-state index in [4.69, 9.17) is 4.74 Å². The van der Waals surface area contributed by atoms with Crippen molar-refractivity contribution in [3.8, 4) is 5.75 Å². The summed E-state index contributed by atoms with van der Waals surface area (Å²) in [6.07, 6.45) is 0. The van der Waals surface area contributed by atoms with Gasteiger partial charge in [0.2, 0.25) is 0 Å². The van der Waals surface area contributed by atoms with Crippen LogP contribution in [0.15, 0.2) is 24.3 Å². The Morgan fingerprint density at radius 1 is 1.45 bits per heavy atom. The summed E-state index contributed by atoms with van der Waals surface area (Å²) in [6.45, 7) is 0. The van der Waals surface area contributed by atoms with E-state index in [0.717, 1.165) is 5.75 Å². The molecule has 0 spiro atoms. The summed E-state index contributed by atoms with van der Waals surface area (Å²) in [5.74, 6) is 0.785. The number of hydrogen-bond acceptors (Lipinski definition) is 1. The monoisotopic (exact) mass is 425 g/mol. The Hall–Kier alpha value is 1.10. The van der Waals surface area contributed by atoms with Crippen LogP contribution in [0.2, 0.25) is 0 Å². The fourth-order valence-corrected chi connectivity index (χ4v) is 0.504. The summed E-state index contributed by atoms with van der Waals surface area (Å²) in [5, 5.41) is 0. The first kappa shape index (κ1) is 12.1. The third kappa shape index (κ3) is 7.46. The van der Waals surface area contributed by atoms with Crippen LogP contribution in [-0.2, 0) is 10.1 Å². The van der Waals surface area contributed by atoms with E-state index in [1.54, 1.807) is 7.11 Å². The van der Waals surface area contributed by atoms with Crippen LogP contribution in [0, 0.1) is 6.07 Å². The van der Waals surface area contributed by atoms with Crippen LogP contribution in [0.1, 0.15) is 0 Å². The maximum atomic E-state index is 4.86. The Bertz CT molecular complexity index is 169. The predicted molar refractivity (Wildman–Crippen MR) is 59.9 cm³/mol. The molecule has 1 aromatic rings.